The van der Waals surface area contributed by atoms with Gasteiger partial charge in [-0.15, -0.1) is 0 Å². The zero-order valence-corrected chi connectivity index (χ0v) is 11.2. The highest BCUT2D eigenvalue weighted by Gasteiger charge is 2.35. The average Bonchev–Trinajstić information content (AvgIpc) is 3.19. The van der Waals surface area contributed by atoms with E-state index in [1.165, 1.54) is 12.8 Å². The van der Waals surface area contributed by atoms with Crippen molar-refractivity contribution in [3.05, 3.63) is 18.3 Å². The summed E-state index contributed by atoms with van der Waals surface area (Å²) in [4.78, 5) is 12.7. The van der Waals surface area contributed by atoms with Crippen LogP contribution in [0.25, 0.3) is 11.0 Å². The molecule has 0 aromatic carbocycles. The highest BCUT2D eigenvalue weighted by atomic mass is 16.2. The first kappa shape index (κ1) is 13.5. The molecular weight excluding hydrogens is 242 g/mol. The van der Waals surface area contributed by atoms with E-state index in [-0.39, 0.29) is 0 Å². The van der Waals surface area contributed by atoms with E-state index in [4.69, 9.17) is 10.8 Å². The van der Waals surface area contributed by atoms with Crippen LogP contribution >= 0.6 is 0 Å². The van der Waals surface area contributed by atoms with Crippen LogP contribution in [0.3, 0.4) is 0 Å². The van der Waals surface area contributed by atoms with Crippen molar-refractivity contribution < 1.29 is 5.11 Å². The fourth-order valence-corrected chi connectivity index (χ4v) is 2.14. The van der Waals surface area contributed by atoms with Crippen molar-refractivity contribution in [2.75, 3.05) is 18.2 Å². The molecule has 1 saturated carbocycles. The zero-order chi connectivity index (χ0) is 13.8. The topological polar surface area (TPSA) is 97.0 Å². The third-order valence-corrected chi connectivity index (χ3v) is 3.24. The number of nitrogen functional groups attached to an aromatic ring is 1. The van der Waals surface area contributed by atoms with Gasteiger partial charge in [-0.2, -0.15) is 4.98 Å². The summed E-state index contributed by atoms with van der Waals surface area (Å²) in [5.74, 6) is 1.81. The van der Waals surface area contributed by atoms with Gasteiger partial charge in [-0.25, -0.2) is 4.98 Å². The monoisotopic (exact) mass is 261 g/mol. The van der Waals surface area contributed by atoms with Crippen LogP contribution in [-0.2, 0) is 0 Å². The largest absolute Gasteiger partial charge is 0.400 e. The Morgan fingerprint density at radius 3 is 2.89 bits per heavy atom. The molecule has 0 aliphatic heterocycles. The molecule has 4 N–H and O–H groups in total. The molecule has 19 heavy (non-hydrogen) atoms. The summed E-state index contributed by atoms with van der Waals surface area (Å²) < 4.78 is 0. The van der Waals surface area contributed by atoms with Gasteiger partial charge in [0.15, 0.2) is 5.82 Å². The predicted octanol–water partition coefficient (Wildman–Crippen LogP) is 1.43. The Hall–Kier alpha value is -1.95. The quantitative estimate of drug-likeness (QED) is 0.773. The van der Waals surface area contributed by atoms with E-state index in [2.05, 4.69) is 27.2 Å². The van der Waals surface area contributed by atoms with Crippen LogP contribution in [0, 0.1) is 5.92 Å². The molecule has 1 aliphatic rings. The number of nitrogens with two attached hydrogens (primary N) is 1. The maximum Gasteiger partial charge on any atom is 0.222 e. The molecule has 0 radical (unpaired) electrons. The van der Waals surface area contributed by atoms with E-state index in [0.717, 1.165) is 29.9 Å². The molecule has 6 nitrogen and oxygen atoms in total. The molecule has 102 valence electrons. The number of nitrogens with zero attached hydrogens (tertiary/aromatic N) is 3. The molecule has 0 bridgehead atoms. The number of pyridine rings is 1. The van der Waals surface area contributed by atoms with Gasteiger partial charge < -0.3 is 16.2 Å². The summed E-state index contributed by atoms with van der Waals surface area (Å²) in [6.45, 7) is 2.21. The number of hydrogen-bond donors (Lipinski definition) is 3. The van der Waals surface area contributed by atoms with Crippen molar-refractivity contribution in [2.45, 2.75) is 25.8 Å². The van der Waals surface area contributed by atoms with Crippen molar-refractivity contribution >= 4 is 22.8 Å². The lowest BCUT2D eigenvalue weighted by Crippen LogP contribution is -2.09. The Morgan fingerprint density at radius 2 is 2.21 bits per heavy atom. The molecule has 0 saturated heterocycles. The van der Waals surface area contributed by atoms with Crippen LogP contribution in [0.4, 0.5) is 11.8 Å². The number of aliphatic hydroxyl groups is 1. The van der Waals surface area contributed by atoms with Gasteiger partial charge >= 0.3 is 0 Å². The van der Waals surface area contributed by atoms with E-state index in [1.807, 2.05) is 12.1 Å². The number of fused-ring (bicyclic) bond motifs is 1. The molecule has 2 aromatic heterocycles. The van der Waals surface area contributed by atoms with Gasteiger partial charge in [-0.3, -0.25) is 4.98 Å². The van der Waals surface area contributed by atoms with Crippen LogP contribution < -0.4 is 11.1 Å². The van der Waals surface area contributed by atoms with Crippen molar-refractivity contribution in [3.8, 4) is 0 Å². The van der Waals surface area contributed by atoms with Gasteiger partial charge in [-0.05, 0) is 24.5 Å². The standard InChI is InChI=1S/C12H15N5.CH4O/c1-2-7-6-9(7)15-11-10-8(4-3-5-14-10)16-12(13)17-11;1-2/h3-5,7,9H,2,6H2,1H3,(H3,13,15,16,17);2H,1H3/t7-,9-;/m0./s1. The minimum Gasteiger partial charge on any atom is -0.400 e. The smallest absolute Gasteiger partial charge is 0.222 e. The van der Waals surface area contributed by atoms with Gasteiger partial charge in [0.05, 0.1) is 5.52 Å². The van der Waals surface area contributed by atoms with Crippen molar-refractivity contribution in [1.29, 1.82) is 0 Å². The minimum atomic E-state index is 0.293. The van der Waals surface area contributed by atoms with E-state index in [9.17, 15) is 0 Å². The summed E-state index contributed by atoms with van der Waals surface area (Å²) in [5, 5.41) is 10.4. The highest BCUT2D eigenvalue weighted by Crippen LogP contribution is 2.36. The Labute approximate surface area is 112 Å². The van der Waals surface area contributed by atoms with Crippen LogP contribution in [0.5, 0.6) is 0 Å². The zero-order valence-electron chi connectivity index (χ0n) is 11.2. The van der Waals surface area contributed by atoms with Crippen LogP contribution in [0.15, 0.2) is 18.3 Å². The molecular formula is C13H19N5O. The van der Waals surface area contributed by atoms with Gasteiger partial charge in [0.25, 0.3) is 0 Å². The lowest BCUT2D eigenvalue weighted by molar-refractivity contribution is 0.399. The molecule has 3 rings (SSSR count). The molecule has 2 atom stereocenters. The highest BCUT2D eigenvalue weighted by molar-refractivity contribution is 5.86. The Bertz CT molecular complexity index is 560. The van der Waals surface area contributed by atoms with Crippen molar-refractivity contribution in [1.82, 2.24) is 15.0 Å². The van der Waals surface area contributed by atoms with E-state index >= 15 is 0 Å². The molecule has 2 aromatic rings. The summed E-state index contributed by atoms with van der Waals surface area (Å²) >= 11 is 0. The van der Waals surface area contributed by atoms with Crippen molar-refractivity contribution in [2.24, 2.45) is 5.92 Å². The number of hydrogen-bond acceptors (Lipinski definition) is 6. The maximum absolute atomic E-state index is 7.00. The van der Waals surface area contributed by atoms with Gasteiger partial charge in [0.1, 0.15) is 5.52 Å². The molecule has 2 heterocycles. The van der Waals surface area contributed by atoms with E-state index < -0.39 is 0 Å². The molecule has 0 spiro atoms. The Balaban J connectivity index is 0.000000637. The SMILES string of the molecule is CC[C@H]1C[C@@H]1Nc1nc(N)nc2cccnc12.CO. The lowest BCUT2D eigenvalue weighted by atomic mass is 10.3. The fourth-order valence-electron chi connectivity index (χ4n) is 2.14. The molecule has 6 heteroatoms. The summed E-state index contributed by atoms with van der Waals surface area (Å²) in [7, 11) is 1.00. The first-order valence-electron chi connectivity index (χ1n) is 6.37. The van der Waals surface area contributed by atoms with Crippen LogP contribution in [-0.4, -0.2) is 33.2 Å². The number of aromatic nitrogens is 3. The van der Waals surface area contributed by atoms with E-state index in [1.54, 1.807) is 6.20 Å². The third-order valence-electron chi connectivity index (χ3n) is 3.24. The lowest BCUT2D eigenvalue weighted by Gasteiger charge is -2.07. The van der Waals surface area contributed by atoms with Crippen LogP contribution in [0.2, 0.25) is 0 Å². The first-order chi connectivity index (χ1) is 9.28. The van der Waals surface area contributed by atoms with E-state index in [0.29, 0.717) is 12.0 Å². The molecule has 1 fully saturated rings. The van der Waals surface area contributed by atoms with Crippen molar-refractivity contribution in [3.63, 3.8) is 0 Å². The second kappa shape index (κ2) is 5.79. The first-order valence-corrected chi connectivity index (χ1v) is 6.37. The average molecular weight is 261 g/mol. The fraction of sp³-hybridized carbons (Fsp3) is 0.462. The second-order valence-corrected chi connectivity index (χ2v) is 4.46. The van der Waals surface area contributed by atoms with Gasteiger partial charge in [0, 0.05) is 19.3 Å². The number of nitrogens with one attached hydrogen (secondary N) is 1. The number of anilines is 2. The predicted molar refractivity (Wildman–Crippen MR) is 75.7 cm³/mol. The number of aliphatic hydroxyl groups excluding tert-OH is 1. The minimum absolute atomic E-state index is 0.293. The summed E-state index contributed by atoms with van der Waals surface area (Å²) in [6, 6.07) is 4.26. The summed E-state index contributed by atoms with van der Waals surface area (Å²) in [5.41, 5.74) is 7.28. The molecule has 1 aliphatic carbocycles. The summed E-state index contributed by atoms with van der Waals surface area (Å²) in [6.07, 6.45) is 4.15. The molecule has 0 unspecified atom stereocenters. The Morgan fingerprint density at radius 1 is 1.42 bits per heavy atom. The third kappa shape index (κ3) is 2.90. The normalized spacial score (nSPS) is 20.6. The number of rotatable bonds is 3. The van der Waals surface area contributed by atoms with Crippen LogP contribution in [0.1, 0.15) is 19.8 Å². The molecule has 0 amide bonds. The Kier molecular flexibility index (Phi) is 4.11. The van der Waals surface area contributed by atoms with Gasteiger partial charge in [-0.1, -0.05) is 13.3 Å². The second-order valence-electron chi connectivity index (χ2n) is 4.46. The van der Waals surface area contributed by atoms with Gasteiger partial charge in [0.2, 0.25) is 5.95 Å². The maximum atomic E-state index is 7.00.